The van der Waals surface area contributed by atoms with E-state index in [0.717, 1.165) is 0 Å². The molecule has 0 spiro atoms. The van der Waals surface area contributed by atoms with E-state index in [0.29, 0.717) is 0 Å². The van der Waals surface area contributed by atoms with Crippen molar-refractivity contribution in [1.82, 2.24) is 4.90 Å². The van der Waals surface area contributed by atoms with Crippen LogP contribution < -0.4 is 0 Å². The molecule has 1 saturated heterocycles. The first-order chi connectivity index (χ1) is 7.90. The molecule has 0 amide bonds. The Hall–Kier alpha value is -0.820. The molecule has 1 aliphatic rings. The predicted molar refractivity (Wildman–Crippen MR) is 69.8 cm³/mol. The van der Waals surface area contributed by atoms with Gasteiger partial charge >= 0.3 is 0 Å². The Balaban J connectivity index is 1.79. The van der Waals surface area contributed by atoms with Crippen molar-refractivity contribution in [3.05, 3.63) is 35.4 Å². The van der Waals surface area contributed by atoms with Crippen molar-refractivity contribution >= 4 is 0 Å². The Morgan fingerprint density at radius 2 is 1.75 bits per heavy atom. The highest BCUT2D eigenvalue weighted by Crippen LogP contribution is 2.13. The second-order valence-corrected chi connectivity index (χ2v) is 4.77. The summed E-state index contributed by atoms with van der Waals surface area (Å²) in [4.78, 5) is 2.61. The number of nitrogens with zero attached hydrogens (tertiary/aromatic N) is 1. The lowest BCUT2D eigenvalue weighted by Gasteiger charge is -2.14. The summed E-state index contributed by atoms with van der Waals surface area (Å²) in [5.74, 6) is 0. The molecule has 0 aromatic heterocycles. The summed E-state index contributed by atoms with van der Waals surface area (Å²) in [6.45, 7) is 6.20. The molecule has 0 unspecified atom stereocenters. The number of hydrogen-bond donors (Lipinski definition) is 0. The summed E-state index contributed by atoms with van der Waals surface area (Å²) in [7, 11) is 0. The van der Waals surface area contributed by atoms with Crippen molar-refractivity contribution in [1.29, 1.82) is 0 Å². The molecule has 0 aliphatic carbocycles. The van der Waals surface area contributed by atoms with Crippen LogP contribution in [0.1, 0.15) is 37.3 Å². The van der Waals surface area contributed by atoms with Crippen molar-refractivity contribution in [3.63, 3.8) is 0 Å². The topological polar surface area (TPSA) is 3.24 Å². The fourth-order valence-corrected chi connectivity index (χ4v) is 2.65. The van der Waals surface area contributed by atoms with E-state index in [1.807, 2.05) is 0 Å². The fraction of sp³-hybridized carbons (Fsp3) is 0.600. The highest BCUT2D eigenvalue weighted by Gasteiger charge is 2.10. The molecule has 88 valence electrons. The van der Waals surface area contributed by atoms with Gasteiger partial charge in [-0.2, -0.15) is 0 Å². The summed E-state index contributed by atoms with van der Waals surface area (Å²) in [5, 5.41) is 0. The third-order valence-electron chi connectivity index (χ3n) is 3.62. The predicted octanol–water partition coefficient (Wildman–Crippen LogP) is 3.28. The minimum atomic E-state index is 1.17. The SMILES string of the molecule is CCc1ccccc1CCCN1CCCC1. The van der Waals surface area contributed by atoms with Gasteiger partial charge in [-0.1, -0.05) is 31.2 Å². The molecule has 1 aromatic carbocycles. The molecule has 1 aromatic rings. The maximum Gasteiger partial charge on any atom is -0.00156 e. The van der Waals surface area contributed by atoms with Crippen molar-refractivity contribution in [2.75, 3.05) is 19.6 Å². The number of benzene rings is 1. The second-order valence-electron chi connectivity index (χ2n) is 4.77. The lowest BCUT2D eigenvalue weighted by Crippen LogP contribution is -2.20. The normalized spacial score (nSPS) is 16.8. The zero-order chi connectivity index (χ0) is 11.2. The van der Waals surface area contributed by atoms with E-state index in [9.17, 15) is 0 Å². The molecule has 1 heteroatoms. The van der Waals surface area contributed by atoms with E-state index in [1.165, 1.54) is 57.3 Å². The van der Waals surface area contributed by atoms with Crippen LogP contribution in [0.15, 0.2) is 24.3 Å². The van der Waals surface area contributed by atoms with E-state index in [4.69, 9.17) is 0 Å². The van der Waals surface area contributed by atoms with E-state index in [2.05, 4.69) is 36.1 Å². The van der Waals surface area contributed by atoms with Crippen LogP contribution in [0.25, 0.3) is 0 Å². The van der Waals surface area contributed by atoms with Crippen LogP contribution in [0.2, 0.25) is 0 Å². The van der Waals surface area contributed by atoms with Crippen LogP contribution in [-0.2, 0) is 12.8 Å². The van der Waals surface area contributed by atoms with Gasteiger partial charge in [0.15, 0.2) is 0 Å². The Morgan fingerprint density at radius 3 is 2.44 bits per heavy atom. The Labute approximate surface area is 99.5 Å². The maximum absolute atomic E-state index is 2.61. The average molecular weight is 217 g/mol. The number of hydrogen-bond acceptors (Lipinski definition) is 1. The van der Waals surface area contributed by atoms with Gasteiger partial charge in [0.2, 0.25) is 0 Å². The Morgan fingerprint density at radius 1 is 1.06 bits per heavy atom. The van der Waals surface area contributed by atoms with Gasteiger partial charge in [0.1, 0.15) is 0 Å². The summed E-state index contributed by atoms with van der Waals surface area (Å²) in [6, 6.07) is 8.89. The maximum atomic E-state index is 2.61. The van der Waals surface area contributed by atoms with Crippen molar-refractivity contribution < 1.29 is 0 Å². The molecule has 0 N–H and O–H groups in total. The summed E-state index contributed by atoms with van der Waals surface area (Å²) in [6.07, 6.45) is 6.55. The molecular weight excluding hydrogens is 194 g/mol. The summed E-state index contributed by atoms with van der Waals surface area (Å²) in [5.41, 5.74) is 3.09. The Kier molecular flexibility index (Phi) is 4.41. The van der Waals surface area contributed by atoms with Gasteiger partial charge in [-0.3, -0.25) is 0 Å². The van der Waals surface area contributed by atoms with Crippen molar-refractivity contribution in [2.24, 2.45) is 0 Å². The van der Waals surface area contributed by atoms with E-state index >= 15 is 0 Å². The smallest absolute Gasteiger partial charge is 0.00156 e. The van der Waals surface area contributed by atoms with Crippen molar-refractivity contribution in [3.8, 4) is 0 Å². The van der Waals surface area contributed by atoms with Gasteiger partial charge in [-0.25, -0.2) is 0 Å². The van der Waals surface area contributed by atoms with Crippen LogP contribution in [-0.4, -0.2) is 24.5 Å². The van der Waals surface area contributed by atoms with E-state index in [1.54, 1.807) is 5.56 Å². The van der Waals surface area contributed by atoms with E-state index < -0.39 is 0 Å². The molecule has 1 heterocycles. The molecule has 0 saturated carbocycles. The zero-order valence-electron chi connectivity index (χ0n) is 10.4. The molecule has 0 radical (unpaired) electrons. The molecule has 0 atom stereocenters. The quantitative estimate of drug-likeness (QED) is 0.731. The first kappa shape index (κ1) is 11.7. The highest BCUT2D eigenvalue weighted by molar-refractivity contribution is 5.27. The lowest BCUT2D eigenvalue weighted by atomic mass is 10.0. The molecule has 1 nitrogen and oxygen atoms in total. The minimum absolute atomic E-state index is 1.17. The van der Waals surface area contributed by atoms with Gasteiger partial charge in [-0.05, 0) is 62.9 Å². The first-order valence-corrected chi connectivity index (χ1v) is 6.69. The van der Waals surface area contributed by atoms with Gasteiger partial charge in [-0.15, -0.1) is 0 Å². The van der Waals surface area contributed by atoms with Crippen LogP contribution >= 0.6 is 0 Å². The van der Waals surface area contributed by atoms with Gasteiger partial charge < -0.3 is 4.90 Å². The van der Waals surface area contributed by atoms with Crippen LogP contribution in [0.5, 0.6) is 0 Å². The highest BCUT2D eigenvalue weighted by atomic mass is 15.1. The number of likely N-dealkylation sites (tertiary alicyclic amines) is 1. The van der Waals surface area contributed by atoms with Gasteiger partial charge in [0.25, 0.3) is 0 Å². The molecular formula is C15H23N. The largest absolute Gasteiger partial charge is 0.303 e. The standard InChI is InChI=1S/C15H23N/c1-2-14-8-3-4-9-15(14)10-7-13-16-11-5-6-12-16/h3-4,8-9H,2,5-7,10-13H2,1H3. The molecule has 0 bridgehead atoms. The summed E-state index contributed by atoms with van der Waals surface area (Å²) < 4.78 is 0. The third kappa shape index (κ3) is 3.08. The second kappa shape index (κ2) is 6.05. The molecule has 2 rings (SSSR count). The van der Waals surface area contributed by atoms with Crippen LogP contribution in [0.3, 0.4) is 0 Å². The zero-order valence-corrected chi connectivity index (χ0v) is 10.4. The monoisotopic (exact) mass is 217 g/mol. The van der Waals surface area contributed by atoms with Crippen LogP contribution in [0.4, 0.5) is 0 Å². The first-order valence-electron chi connectivity index (χ1n) is 6.69. The average Bonchev–Trinajstić information content (AvgIpc) is 2.83. The molecule has 1 fully saturated rings. The fourth-order valence-electron chi connectivity index (χ4n) is 2.65. The summed E-state index contributed by atoms with van der Waals surface area (Å²) >= 11 is 0. The minimum Gasteiger partial charge on any atom is -0.303 e. The molecule has 1 aliphatic heterocycles. The molecule has 16 heavy (non-hydrogen) atoms. The Bertz CT molecular complexity index is 313. The van der Waals surface area contributed by atoms with Gasteiger partial charge in [0.05, 0.1) is 0 Å². The van der Waals surface area contributed by atoms with E-state index in [-0.39, 0.29) is 0 Å². The number of rotatable bonds is 5. The van der Waals surface area contributed by atoms with Gasteiger partial charge in [0, 0.05) is 0 Å². The third-order valence-corrected chi connectivity index (χ3v) is 3.62. The van der Waals surface area contributed by atoms with Crippen LogP contribution in [0, 0.1) is 0 Å². The number of aryl methyl sites for hydroxylation is 2. The lowest BCUT2D eigenvalue weighted by molar-refractivity contribution is 0.334. The van der Waals surface area contributed by atoms with Crippen molar-refractivity contribution in [2.45, 2.75) is 39.0 Å².